The number of rotatable bonds is 6. The zero-order chi connectivity index (χ0) is 24.1. The Kier molecular flexibility index (Phi) is 6.45. The normalized spacial score (nSPS) is 10.1. The van der Waals surface area contributed by atoms with Gasteiger partial charge in [-0.25, -0.2) is 4.79 Å². The lowest BCUT2D eigenvalue weighted by Gasteiger charge is -2.15. The van der Waals surface area contributed by atoms with Gasteiger partial charge < -0.3 is 20.8 Å². The van der Waals surface area contributed by atoms with Gasteiger partial charge in [0.2, 0.25) is 5.91 Å². The quantitative estimate of drug-likeness (QED) is 0.364. The molecule has 0 aliphatic carbocycles. The molecule has 0 unspecified atom stereocenters. The number of carbonyl (C=O) groups excluding carboxylic acids is 2. The molecular weight excluding hydrogens is 426 g/mol. The monoisotopic (exact) mass is 443 g/mol. The lowest BCUT2D eigenvalue weighted by molar-refractivity contribution is -0.114. The summed E-state index contributed by atoms with van der Waals surface area (Å²) in [7, 11) is 0. The summed E-state index contributed by atoms with van der Waals surface area (Å²) in [5, 5.41) is 42.0. The van der Waals surface area contributed by atoms with Crippen LogP contribution in [-0.2, 0) is 9.59 Å². The second kappa shape index (κ2) is 9.40. The number of carboxylic acid groups (broad SMARTS) is 1. The number of hydrogen-bond acceptors (Lipinski definition) is 7. The van der Waals surface area contributed by atoms with Crippen LogP contribution in [0, 0.1) is 16.7 Å². The van der Waals surface area contributed by atoms with Crippen LogP contribution in [0.25, 0.3) is 11.1 Å². The first kappa shape index (κ1) is 22.6. The molecule has 0 radical (unpaired) electrons. The highest BCUT2D eigenvalue weighted by Crippen LogP contribution is 2.34. The first-order chi connectivity index (χ1) is 15.7. The number of amides is 2. The summed E-state index contributed by atoms with van der Waals surface area (Å²) in [6.07, 6.45) is 3.07. The summed E-state index contributed by atoms with van der Waals surface area (Å²) in [6.45, 7) is 1.30. The van der Waals surface area contributed by atoms with Gasteiger partial charge in [-0.3, -0.25) is 20.0 Å². The van der Waals surface area contributed by atoms with E-state index in [1.165, 1.54) is 37.4 Å². The molecule has 3 aromatic rings. The van der Waals surface area contributed by atoms with Crippen LogP contribution in [0.15, 0.2) is 54.9 Å². The molecule has 0 aliphatic heterocycles. The van der Waals surface area contributed by atoms with Crippen molar-refractivity contribution in [3.63, 3.8) is 0 Å². The van der Waals surface area contributed by atoms with Crippen LogP contribution in [0.4, 0.5) is 11.4 Å². The maximum atomic E-state index is 12.7. The Morgan fingerprint density at radius 2 is 1.82 bits per heavy atom. The Morgan fingerprint density at radius 3 is 2.42 bits per heavy atom. The lowest BCUT2D eigenvalue weighted by atomic mass is 9.98. The van der Waals surface area contributed by atoms with E-state index in [-0.39, 0.29) is 34.0 Å². The van der Waals surface area contributed by atoms with Crippen LogP contribution < -0.4 is 10.6 Å². The molecule has 0 spiro atoms. The third-order valence-electron chi connectivity index (χ3n) is 4.54. The largest absolute Gasteiger partial charge is 0.507 e. The summed E-state index contributed by atoms with van der Waals surface area (Å²) in [4.78, 5) is 39.8. The van der Waals surface area contributed by atoms with E-state index in [0.29, 0.717) is 11.1 Å². The Balaban J connectivity index is 2.00. The highest BCUT2D eigenvalue weighted by atomic mass is 16.4. The van der Waals surface area contributed by atoms with E-state index in [4.69, 9.17) is 10.7 Å². The number of nitrogens with zero attached hydrogens (tertiary/aromatic N) is 2. The maximum Gasteiger partial charge on any atom is 0.337 e. The van der Waals surface area contributed by atoms with Gasteiger partial charge >= 0.3 is 5.97 Å². The standard InChI is InChI=1S/C23H17N5O5/c1-12(29)27-19-9-20(30)17(8-15(19)14-3-2-6-26-11-14)21(25)22(31)28-18-5-4-13(10-24)7-16(18)23(32)33/h2-9,11,25,30H,1H3,(H,27,29)(H,28,31)(H,32,33). The first-order valence-electron chi connectivity index (χ1n) is 9.44. The van der Waals surface area contributed by atoms with Crippen molar-refractivity contribution in [2.24, 2.45) is 0 Å². The molecule has 5 N–H and O–H groups in total. The number of pyridine rings is 1. The molecule has 2 aromatic carbocycles. The van der Waals surface area contributed by atoms with Crippen molar-refractivity contribution in [3.8, 4) is 22.9 Å². The summed E-state index contributed by atoms with van der Waals surface area (Å²) in [6, 6.07) is 11.4. The van der Waals surface area contributed by atoms with Crippen LogP contribution >= 0.6 is 0 Å². The van der Waals surface area contributed by atoms with Crippen LogP contribution in [0.5, 0.6) is 5.75 Å². The number of aromatic nitrogens is 1. The van der Waals surface area contributed by atoms with Gasteiger partial charge in [0, 0.05) is 42.1 Å². The zero-order valence-electron chi connectivity index (χ0n) is 17.2. The molecule has 0 aliphatic rings. The molecule has 0 atom stereocenters. The van der Waals surface area contributed by atoms with Crippen molar-refractivity contribution < 1.29 is 24.6 Å². The molecule has 1 aromatic heterocycles. The topological polar surface area (TPSA) is 176 Å². The van der Waals surface area contributed by atoms with Gasteiger partial charge in [-0.2, -0.15) is 5.26 Å². The lowest BCUT2D eigenvalue weighted by Crippen LogP contribution is -2.24. The molecule has 10 heteroatoms. The van der Waals surface area contributed by atoms with E-state index in [0.717, 1.165) is 6.07 Å². The van der Waals surface area contributed by atoms with Gasteiger partial charge in [-0.15, -0.1) is 0 Å². The zero-order valence-corrected chi connectivity index (χ0v) is 17.2. The molecule has 10 nitrogen and oxygen atoms in total. The number of anilines is 2. The Hall–Kier alpha value is -5.04. The molecule has 164 valence electrons. The van der Waals surface area contributed by atoms with Gasteiger partial charge in [-0.05, 0) is 30.3 Å². The molecule has 0 fully saturated rings. The molecule has 0 saturated carbocycles. The van der Waals surface area contributed by atoms with E-state index in [2.05, 4.69) is 15.6 Å². The average Bonchev–Trinajstić information content (AvgIpc) is 2.79. The van der Waals surface area contributed by atoms with Crippen LogP contribution in [-0.4, -0.2) is 38.7 Å². The summed E-state index contributed by atoms with van der Waals surface area (Å²) in [5.41, 5.74) is 0.0930. The SMILES string of the molecule is CC(=O)Nc1cc(O)c(C(=N)C(=O)Nc2ccc(C#N)cc2C(=O)O)cc1-c1cccnc1. The fourth-order valence-electron chi connectivity index (χ4n) is 3.05. The first-order valence-corrected chi connectivity index (χ1v) is 9.44. The molecule has 0 saturated heterocycles. The van der Waals surface area contributed by atoms with Crippen molar-refractivity contribution in [3.05, 3.63) is 71.5 Å². The van der Waals surface area contributed by atoms with E-state index < -0.39 is 23.3 Å². The minimum absolute atomic E-state index is 0.0905. The van der Waals surface area contributed by atoms with Crippen LogP contribution in [0.3, 0.4) is 0 Å². The van der Waals surface area contributed by atoms with Gasteiger partial charge in [0.15, 0.2) is 0 Å². The second-order valence-electron chi connectivity index (χ2n) is 6.84. The van der Waals surface area contributed by atoms with E-state index in [1.54, 1.807) is 18.3 Å². The minimum atomic E-state index is -1.37. The fraction of sp³-hybridized carbons (Fsp3) is 0.0435. The molecule has 2 amide bonds. The van der Waals surface area contributed by atoms with E-state index in [1.807, 2.05) is 6.07 Å². The Labute approximate surface area is 187 Å². The number of nitrogens with one attached hydrogen (secondary N) is 3. The Bertz CT molecular complexity index is 1330. The fourth-order valence-corrected chi connectivity index (χ4v) is 3.05. The highest BCUT2D eigenvalue weighted by Gasteiger charge is 2.22. The average molecular weight is 443 g/mol. The molecule has 3 rings (SSSR count). The van der Waals surface area contributed by atoms with Crippen LogP contribution in [0.1, 0.15) is 28.4 Å². The smallest absolute Gasteiger partial charge is 0.337 e. The Morgan fingerprint density at radius 1 is 1.06 bits per heavy atom. The molecule has 0 bridgehead atoms. The summed E-state index contributed by atoms with van der Waals surface area (Å²) in [5.74, 6) is -3.18. The molecular formula is C23H17N5O5. The maximum absolute atomic E-state index is 12.7. The number of benzene rings is 2. The predicted molar refractivity (Wildman–Crippen MR) is 119 cm³/mol. The van der Waals surface area contributed by atoms with E-state index in [9.17, 15) is 24.6 Å². The van der Waals surface area contributed by atoms with Gasteiger partial charge in [0.25, 0.3) is 5.91 Å². The third kappa shape index (κ3) is 5.00. The van der Waals surface area contributed by atoms with Gasteiger partial charge in [0.05, 0.1) is 28.6 Å². The second-order valence-corrected chi connectivity index (χ2v) is 6.84. The van der Waals surface area contributed by atoms with Gasteiger partial charge in [0.1, 0.15) is 11.5 Å². The van der Waals surface area contributed by atoms with E-state index >= 15 is 0 Å². The summed E-state index contributed by atoms with van der Waals surface area (Å²) < 4.78 is 0. The van der Waals surface area contributed by atoms with Crippen molar-refractivity contribution >= 4 is 34.9 Å². The van der Waals surface area contributed by atoms with Crippen LogP contribution in [0.2, 0.25) is 0 Å². The predicted octanol–water partition coefficient (Wildman–Crippen LogP) is 2.99. The third-order valence-corrected chi connectivity index (χ3v) is 4.54. The van der Waals surface area contributed by atoms with Crippen molar-refractivity contribution in [1.29, 1.82) is 10.7 Å². The minimum Gasteiger partial charge on any atom is -0.507 e. The number of hydrogen-bond donors (Lipinski definition) is 5. The summed E-state index contributed by atoms with van der Waals surface area (Å²) >= 11 is 0. The number of phenolic OH excluding ortho intramolecular Hbond substituents is 1. The van der Waals surface area contributed by atoms with Crippen molar-refractivity contribution in [2.45, 2.75) is 6.92 Å². The van der Waals surface area contributed by atoms with Gasteiger partial charge in [-0.1, -0.05) is 6.07 Å². The number of aromatic carboxylic acids is 1. The highest BCUT2D eigenvalue weighted by molar-refractivity contribution is 6.48. The number of carbonyl (C=O) groups is 3. The number of aromatic hydroxyl groups is 1. The number of carboxylic acids is 1. The number of nitriles is 1. The van der Waals surface area contributed by atoms with Crippen molar-refractivity contribution in [1.82, 2.24) is 4.98 Å². The van der Waals surface area contributed by atoms with Crippen molar-refractivity contribution in [2.75, 3.05) is 10.6 Å². The molecule has 1 heterocycles. The number of phenols is 1. The molecule has 33 heavy (non-hydrogen) atoms.